The average molecular weight is 295 g/mol. The van der Waals surface area contributed by atoms with Crippen LogP contribution in [0.4, 0.5) is 0 Å². The van der Waals surface area contributed by atoms with E-state index in [4.69, 9.17) is 4.74 Å². The summed E-state index contributed by atoms with van der Waals surface area (Å²) >= 11 is 0. The van der Waals surface area contributed by atoms with Gasteiger partial charge in [-0.15, -0.1) is 0 Å². The molecule has 2 rings (SSSR count). The van der Waals surface area contributed by atoms with E-state index >= 15 is 0 Å². The van der Waals surface area contributed by atoms with Gasteiger partial charge < -0.3 is 10.1 Å². The van der Waals surface area contributed by atoms with Gasteiger partial charge >= 0.3 is 0 Å². The smallest absolute Gasteiger partial charge is 0.255 e. The Morgan fingerprint density at radius 1 is 1.14 bits per heavy atom. The third-order valence-corrected chi connectivity index (χ3v) is 3.18. The molecule has 3 nitrogen and oxygen atoms in total. The zero-order valence-corrected chi connectivity index (χ0v) is 13.1. The highest BCUT2D eigenvalue weighted by molar-refractivity contribution is 5.96. The molecule has 0 unspecified atom stereocenters. The minimum absolute atomic E-state index is 0.141. The molecule has 2 aromatic rings. The minimum atomic E-state index is -0.141. The first-order valence-corrected chi connectivity index (χ1v) is 7.26. The molecule has 22 heavy (non-hydrogen) atoms. The molecule has 0 aliphatic carbocycles. The zero-order chi connectivity index (χ0) is 15.9. The Balaban J connectivity index is 2.02. The summed E-state index contributed by atoms with van der Waals surface area (Å²) in [5, 5.41) is 2.92. The number of amides is 1. The fourth-order valence-corrected chi connectivity index (χ4v) is 1.96. The number of carbonyl (C=O) groups excluding carboxylic acids is 1. The van der Waals surface area contributed by atoms with Gasteiger partial charge in [-0.1, -0.05) is 48.5 Å². The van der Waals surface area contributed by atoms with E-state index in [1.165, 1.54) is 5.56 Å². The predicted molar refractivity (Wildman–Crippen MR) is 89.1 cm³/mol. The van der Waals surface area contributed by atoms with Crippen LogP contribution in [0.15, 0.2) is 60.7 Å². The van der Waals surface area contributed by atoms with E-state index in [0.717, 1.165) is 11.1 Å². The number of hydrogen-bond donors (Lipinski definition) is 1. The molecule has 0 saturated heterocycles. The van der Waals surface area contributed by atoms with Gasteiger partial charge in [0.1, 0.15) is 12.4 Å². The SMILES string of the molecule is C=C(C)COc1ccccc1C(=O)NCc1ccc(C)cc1. The van der Waals surface area contributed by atoms with Crippen LogP contribution in [0.3, 0.4) is 0 Å². The maximum absolute atomic E-state index is 12.3. The Labute approximate surface area is 131 Å². The number of rotatable bonds is 6. The van der Waals surface area contributed by atoms with Crippen LogP contribution in [0.2, 0.25) is 0 Å². The maximum Gasteiger partial charge on any atom is 0.255 e. The highest BCUT2D eigenvalue weighted by Crippen LogP contribution is 2.18. The average Bonchev–Trinajstić information content (AvgIpc) is 2.52. The van der Waals surface area contributed by atoms with E-state index in [2.05, 4.69) is 11.9 Å². The first-order valence-electron chi connectivity index (χ1n) is 7.26. The molecule has 0 aromatic heterocycles. The number of ether oxygens (including phenoxy) is 1. The first-order chi connectivity index (χ1) is 10.6. The van der Waals surface area contributed by atoms with Gasteiger partial charge in [0.15, 0.2) is 0 Å². The molecule has 0 aliphatic rings. The largest absolute Gasteiger partial charge is 0.488 e. The molecular formula is C19H21NO2. The van der Waals surface area contributed by atoms with Crippen LogP contribution in [-0.4, -0.2) is 12.5 Å². The molecule has 0 fully saturated rings. The number of carbonyl (C=O) groups is 1. The normalized spacial score (nSPS) is 10.1. The van der Waals surface area contributed by atoms with Crippen LogP contribution in [0, 0.1) is 6.92 Å². The van der Waals surface area contributed by atoms with E-state index in [0.29, 0.717) is 24.5 Å². The summed E-state index contributed by atoms with van der Waals surface area (Å²) in [6, 6.07) is 15.3. The number of nitrogens with one attached hydrogen (secondary N) is 1. The second-order valence-electron chi connectivity index (χ2n) is 5.41. The van der Waals surface area contributed by atoms with Gasteiger partial charge in [0.2, 0.25) is 0 Å². The summed E-state index contributed by atoms with van der Waals surface area (Å²) in [5.41, 5.74) is 3.72. The van der Waals surface area contributed by atoms with Crippen molar-refractivity contribution < 1.29 is 9.53 Å². The quantitative estimate of drug-likeness (QED) is 0.821. The molecule has 0 saturated carbocycles. The van der Waals surface area contributed by atoms with Gasteiger partial charge in [-0.3, -0.25) is 4.79 Å². The van der Waals surface area contributed by atoms with Crippen LogP contribution in [0.25, 0.3) is 0 Å². The maximum atomic E-state index is 12.3. The highest BCUT2D eigenvalue weighted by Gasteiger charge is 2.11. The van der Waals surface area contributed by atoms with Crippen molar-refractivity contribution in [1.82, 2.24) is 5.32 Å². The lowest BCUT2D eigenvalue weighted by molar-refractivity contribution is 0.0947. The molecule has 0 heterocycles. The lowest BCUT2D eigenvalue weighted by Crippen LogP contribution is -2.23. The van der Waals surface area contributed by atoms with Crippen LogP contribution in [0.1, 0.15) is 28.4 Å². The molecule has 1 N–H and O–H groups in total. The van der Waals surface area contributed by atoms with Crippen molar-refractivity contribution in [1.29, 1.82) is 0 Å². The predicted octanol–water partition coefficient (Wildman–Crippen LogP) is 3.88. The fourth-order valence-electron chi connectivity index (χ4n) is 1.96. The molecule has 3 heteroatoms. The second kappa shape index (κ2) is 7.46. The molecular weight excluding hydrogens is 274 g/mol. The zero-order valence-electron chi connectivity index (χ0n) is 13.1. The minimum Gasteiger partial charge on any atom is -0.488 e. The lowest BCUT2D eigenvalue weighted by atomic mass is 10.1. The molecule has 114 valence electrons. The van der Waals surface area contributed by atoms with Gasteiger partial charge in [0, 0.05) is 6.54 Å². The monoisotopic (exact) mass is 295 g/mol. The Hall–Kier alpha value is -2.55. The molecule has 0 radical (unpaired) electrons. The van der Waals surface area contributed by atoms with Gasteiger partial charge in [0.05, 0.1) is 5.56 Å². The lowest BCUT2D eigenvalue weighted by Gasteiger charge is -2.11. The molecule has 1 amide bonds. The molecule has 0 atom stereocenters. The van der Waals surface area contributed by atoms with Crippen molar-refractivity contribution in [2.45, 2.75) is 20.4 Å². The summed E-state index contributed by atoms with van der Waals surface area (Å²) in [4.78, 5) is 12.3. The molecule has 2 aromatic carbocycles. The number of para-hydroxylation sites is 1. The topological polar surface area (TPSA) is 38.3 Å². The molecule has 0 aliphatic heterocycles. The van der Waals surface area contributed by atoms with Crippen LogP contribution >= 0.6 is 0 Å². The summed E-state index contributed by atoms with van der Waals surface area (Å²) in [5.74, 6) is 0.435. The number of hydrogen-bond acceptors (Lipinski definition) is 2. The van der Waals surface area contributed by atoms with Crippen molar-refractivity contribution in [2.24, 2.45) is 0 Å². The van der Waals surface area contributed by atoms with E-state index < -0.39 is 0 Å². The van der Waals surface area contributed by atoms with E-state index in [-0.39, 0.29) is 5.91 Å². The number of aryl methyl sites for hydroxylation is 1. The van der Waals surface area contributed by atoms with Crippen molar-refractivity contribution in [3.05, 3.63) is 77.4 Å². The third-order valence-electron chi connectivity index (χ3n) is 3.18. The summed E-state index contributed by atoms with van der Waals surface area (Å²) in [6.45, 7) is 8.63. The summed E-state index contributed by atoms with van der Waals surface area (Å²) in [7, 11) is 0. The first kappa shape index (κ1) is 15.8. The standard InChI is InChI=1S/C19H21NO2/c1-14(2)13-22-18-7-5-4-6-17(18)19(21)20-12-16-10-8-15(3)9-11-16/h4-11H,1,12-13H2,2-3H3,(H,20,21). The fraction of sp³-hybridized carbons (Fsp3) is 0.211. The van der Waals surface area contributed by atoms with Gasteiger partial charge in [-0.05, 0) is 37.1 Å². The van der Waals surface area contributed by atoms with Crippen LogP contribution in [0.5, 0.6) is 5.75 Å². The Kier molecular flexibility index (Phi) is 5.37. The van der Waals surface area contributed by atoms with E-state index in [1.807, 2.05) is 50.2 Å². The van der Waals surface area contributed by atoms with Crippen LogP contribution < -0.4 is 10.1 Å². The molecule has 0 spiro atoms. The van der Waals surface area contributed by atoms with Crippen molar-refractivity contribution >= 4 is 5.91 Å². The van der Waals surface area contributed by atoms with Crippen molar-refractivity contribution in [3.63, 3.8) is 0 Å². The highest BCUT2D eigenvalue weighted by atomic mass is 16.5. The Morgan fingerprint density at radius 3 is 2.50 bits per heavy atom. The van der Waals surface area contributed by atoms with E-state index in [1.54, 1.807) is 12.1 Å². The summed E-state index contributed by atoms with van der Waals surface area (Å²) in [6.07, 6.45) is 0. The van der Waals surface area contributed by atoms with Crippen LogP contribution in [-0.2, 0) is 6.54 Å². The van der Waals surface area contributed by atoms with Crippen molar-refractivity contribution in [2.75, 3.05) is 6.61 Å². The third kappa shape index (κ3) is 4.48. The Morgan fingerprint density at radius 2 is 1.82 bits per heavy atom. The van der Waals surface area contributed by atoms with Crippen molar-refractivity contribution in [3.8, 4) is 5.75 Å². The Bertz CT molecular complexity index is 659. The van der Waals surface area contributed by atoms with Gasteiger partial charge in [-0.2, -0.15) is 0 Å². The second-order valence-corrected chi connectivity index (χ2v) is 5.41. The van der Waals surface area contributed by atoms with Gasteiger partial charge in [-0.25, -0.2) is 0 Å². The summed E-state index contributed by atoms with van der Waals surface area (Å²) < 4.78 is 5.63. The molecule has 0 bridgehead atoms. The van der Waals surface area contributed by atoms with E-state index in [9.17, 15) is 4.79 Å². The van der Waals surface area contributed by atoms with Gasteiger partial charge in [0.25, 0.3) is 5.91 Å². The number of benzene rings is 2.